The number of carbonyl (C=O) groups is 1. The minimum absolute atomic E-state index is 0.0106. The van der Waals surface area contributed by atoms with Crippen LogP contribution in [0.15, 0.2) is 4.99 Å². The van der Waals surface area contributed by atoms with Gasteiger partial charge in [0.15, 0.2) is 5.75 Å². The molecule has 1 aliphatic rings. The number of methoxy groups -OCH3 is 1. The van der Waals surface area contributed by atoms with E-state index in [9.17, 15) is 4.79 Å². The molecule has 1 amide bonds. The van der Waals surface area contributed by atoms with Crippen LogP contribution in [0.3, 0.4) is 0 Å². The third-order valence-electron chi connectivity index (χ3n) is 2.18. The molecular weight excluding hydrogens is 274 g/mol. The summed E-state index contributed by atoms with van der Waals surface area (Å²) in [5.74, 6) is -0.392. The Morgan fingerprint density at radius 1 is 1.12 bits per heavy atom. The Kier molecular flexibility index (Phi) is 2.74. The van der Waals surface area contributed by atoms with Crippen molar-refractivity contribution in [2.24, 2.45) is 10.7 Å². The molecule has 1 heterocycles. The maximum Gasteiger partial charge on any atom is 0.281 e. The Bertz CT molecular complexity index is 540. The van der Waals surface area contributed by atoms with Crippen LogP contribution in [-0.4, -0.2) is 18.9 Å². The van der Waals surface area contributed by atoms with Gasteiger partial charge in [-0.3, -0.25) is 4.79 Å². The van der Waals surface area contributed by atoms with Gasteiger partial charge >= 0.3 is 0 Å². The van der Waals surface area contributed by atoms with E-state index in [1.807, 2.05) is 0 Å². The largest absolute Gasteiger partial charge is 0.494 e. The van der Waals surface area contributed by atoms with Crippen molar-refractivity contribution in [1.82, 2.24) is 0 Å². The number of aliphatic imine (C=N–C) groups is 1. The summed E-state index contributed by atoms with van der Waals surface area (Å²) in [5, 5.41) is 0.298. The molecule has 84 valence electrons. The van der Waals surface area contributed by atoms with Gasteiger partial charge in [0.25, 0.3) is 5.91 Å². The number of fused-ring (bicyclic) bond motifs is 1. The number of amides is 1. The Labute approximate surface area is 106 Å². The van der Waals surface area contributed by atoms with E-state index in [0.717, 1.165) is 0 Å². The maximum atomic E-state index is 11.5. The lowest BCUT2D eigenvalue weighted by molar-refractivity contribution is 0.101. The van der Waals surface area contributed by atoms with E-state index >= 15 is 0 Å². The Hall–Kier alpha value is -0.970. The van der Waals surface area contributed by atoms with Crippen LogP contribution in [0, 0.1) is 0 Å². The lowest BCUT2D eigenvalue weighted by Gasteiger charge is -2.11. The van der Waals surface area contributed by atoms with Gasteiger partial charge in [0.2, 0.25) is 0 Å². The van der Waals surface area contributed by atoms with Crippen LogP contribution in [0.25, 0.3) is 0 Å². The molecule has 0 radical (unpaired) electrons. The number of hydrogen-bond acceptors (Lipinski definition) is 3. The number of nitrogens with two attached hydrogens (primary N) is 1. The van der Waals surface area contributed by atoms with E-state index in [2.05, 4.69) is 4.99 Å². The van der Waals surface area contributed by atoms with Crippen molar-refractivity contribution in [3.63, 3.8) is 0 Å². The Morgan fingerprint density at radius 3 is 2.31 bits per heavy atom. The Balaban J connectivity index is 2.88. The highest BCUT2D eigenvalue weighted by Gasteiger charge is 2.32. The van der Waals surface area contributed by atoms with Gasteiger partial charge in [-0.05, 0) is 0 Å². The fraction of sp³-hybridized carbons (Fsp3) is 0.111. The minimum atomic E-state index is -0.547. The predicted octanol–water partition coefficient (Wildman–Crippen LogP) is 2.51. The molecule has 0 spiro atoms. The first-order valence-electron chi connectivity index (χ1n) is 4.12. The number of carbonyl (C=O) groups excluding carboxylic acids is 1. The first-order valence-corrected chi connectivity index (χ1v) is 5.25. The lowest BCUT2D eigenvalue weighted by Crippen LogP contribution is -2.11. The van der Waals surface area contributed by atoms with Crippen molar-refractivity contribution >= 4 is 46.5 Å². The molecule has 0 aliphatic carbocycles. The van der Waals surface area contributed by atoms with Crippen LogP contribution in [0.5, 0.6) is 5.75 Å². The van der Waals surface area contributed by atoms with E-state index < -0.39 is 5.91 Å². The van der Waals surface area contributed by atoms with Gasteiger partial charge < -0.3 is 10.5 Å². The first kappa shape index (κ1) is 11.5. The number of hydrogen-bond donors (Lipinski definition) is 1. The van der Waals surface area contributed by atoms with E-state index in [1.54, 1.807) is 0 Å². The van der Waals surface area contributed by atoms with Crippen molar-refractivity contribution in [2.75, 3.05) is 7.11 Å². The molecule has 0 aromatic heterocycles. The van der Waals surface area contributed by atoms with Crippen LogP contribution < -0.4 is 10.5 Å². The summed E-state index contributed by atoms with van der Waals surface area (Å²) in [7, 11) is 1.37. The molecule has 0 saturated carbocycles. The van der Waals surface area contributed by atoms with E-state index in [4.69, 9.17) is 45.3 Å². The van der Waals surface area contributed by atoms with Crippen LogP contribution >= 0.6 is 34.8 Å². The summed E-state index contributed by atoms with van der Waals surface area (Å²) in [6.07, 6.45) is 0. The van der Waals surface area contributed by atoms with Gasteiger partial charge in [0, 0.05) is 0 Å². The van der Waals surface area contributed by atoms with Crippen molar-refractivity contribution in [3.05, 3.63) is 26.2 Å². The van der Waals surface area contributed by atoms with Crippen molar-refractivity contribution in [2.45, 2.75) is 0 Å². The molecule has 16 heavy (non-hydrogen) atoms. The summed E-state index contributed by atoms with van der Waals surface area (Å²) in [6.45, 7) is 0. The predicted molar refractivity (Wildman–Crippen MR) is 63.1 cm³/mol. The van der Waals surface area contributed by atoms with Gasteiger partial charge in [-0.15, -0.1) is 0 Å². The molecule has 1 aromatic rings. The standard InChI is InChI=1S/C9H5Cl3N2O2/c1-16-7-5(11)3-2(4(10)6(7)12)8(13)14-9(3)15/h1H3,(H2,13,14,15). The lowest BCUT2D eigenvalue weighted by atomic mass is 10.1. The molecule has 0 saturated heterocycles. The third-order valence-corrected chi connectivity index (χ3v) is 3.37. The molecule has 0 fully saturated rings. The number of nitrogens with zero attached hydrogens (tertiary/aromatic N) is 1. The zero-order valence-corrected chi connectivity index (χ0v) is 10.2. The second-order valence-corrected chi connectivity index (χ2v) is 4.16. The number of rotatable bonds is 1. The van der Waals surface area contributed by atoms with Crippen LogP contribution in [-0.2, 0) is 0 Å². The van der Waals surface area contributed by atoms with Crippen molar-refractivity contribution in [1.29, 1.82) is 0 Å². The molecule has 4 nitrogen and oxygen atoms in total. The summed E-state index contributed by atoms with van der Waals surface area (Å²) < 4.78 is 4.97. The molecule has 0 bridgehead atoms. The zero-order chi connectivity index (χ0) is 12.0. The topological polar surface area (TPSA) is 64.7 Å². The highest BCUT2D eigenvalue weighted by molar-refractivity contribution is 6.49. The van der Waals surface area contributed by atoms with Crippen LogP contribution in [0.4, 0.5) is 0 Å². The quantitative estimate of drug-likeness (QED) is 0.803. The molecule has 2 rings (SSSR count). The zero-order valence-electron chi connectivity index (χ0n) is 7.97. The van der Waals surface area contributed by atoms with Crippen LogP contribution in [0.2, 0.25) is 15.1 Å². The average molecular weight is 280 g/mol. The first-order chi connectivity index (χ1) is 7.49. The minimum Gasteiger partial charge on any atom is -0.494 e. The van der Waals surface area contributed by atoms with Crippen LogP contribution in [0.1, 0.15) is 15.9 Å². The van der Waals surface area contributed by atoms with Gasteiger partial charge in [-0.2, -0.15) is 4.99 Å². The molecule has 1 aliphatic heterocycles. The normalized spacial score (nSPS) is 13.8. The third kappa shape index (κ3) is 1.38. The smallest absolute Gasteiger partial charge is 0.281 e. The number of amidine groups is 1. The van der Waals surface area contributed by atoms with E-state index in [-0.39, 0.29) is 37.8 Å². The number of ether oxygens (including phenoxy) is 1. The average Bonchev–Trinajstić information content (AvgIpc) is 2.52. The SMILES string of the molecule is COc1c(Cl)c(Cl)c2c(c1Cl)C(=O)N=C2N. The number of benzene rings is 1. The second kappa shape index (κ2) is 3.80. The monoisotopic (exact) mass is 278 g/mol. The van der Waals surface area contributed by atoms with Gasteiger partial charge in [-0.25, -0.2) is 0 Å². The Morgan fingerprint density at radius 2 is 1.75 bits per heavy atom. The molecule has 2 N–H and O–H groups in total. The number of halogens is 3. The summed E-state index contributed by atoms with van der Waals surface area (Å²) in [5.41, 5.74) is 5.95. The fourth-order valence-electron chi connectivity index (χ4n) is 1.48. The molecule has 0 atom stereocenters. The molecule has 0 unspecified atom stereocenters. The fourth-order valence-corrected chi connectivity index (χ4v) is 2.42. The second-order valence-electron chi connectivity index (χ2n) is 3.03. The van der Waals surface area contributed by atoms with E-state index in [1.165, 1.54) is 7.11 Å². The van der Waals surface area contributed by atoms with Gasteiger partial charge in [0.05, 0.1) is 28.3 Å². The highest BCUT2D eigenvalue weighted by atomic mass is 35.5. The van der Waals surface area contributed by atoms with Crippen molar-refractivity contribution < 1.29 is 9.53 Å². The summed E-state index contributed by atoms with van der Waals surface area (Å²) >= 11 is 17.9. The van der Waals surface area contributed by atoms with Gasteiger partial charge in [-0.1, -0.05) is 34.8 Å². The summed E-state index contributed by atoms with van der Waals surface area (Å²) in [4.78, 5) is 15.1. The maximum absolute atomic E-state index is 11.5. The molecule has 7 heteroatoms. The molecule has 1 aromatic carbocycles. The van der Waals surface area contributed by atoms with E-state index in [0.29, 0.717) is 0 Å². The van der Waals surface area contributed by atoms with Gasteiger partial charge in [0.1, 0.15) is 10.9 Å². The molecular formula is C9H5Cl3N2O2. The summed E-state index contributed by atoms with van der Waals surface area (Å²) in [6, 6.07) is 0. The highest BCUT2D eigenvalue weighted by Crippen LogP contribution is 2.45. The van der Waals surface area contributed by atoms with Crippen molar-refractivity contribution in [3.8, 4) is 5.75 Å².